The first-order valence-corrected chi connectivity index (χ1v) is 10.1. The van der Waals surface area contributed by atoms with E-state index in [0.29, 0.717) is 17.8 Å². The van der Waals surface area contributed by atoms with Gasteiger partial charge >= 0.3 is 0 Å². The smallest absolute Gasteiger partial charge is 0.258 e. The average Bonchev–Trinajstić information content (AvgIpc) is 3.13. The summed E-state index contributed by atoms with van der Waals surface area (Å²) in [5.41, 5.74) is 1.79. The van der Waals surface area contributed by atoms with Crippen LogP contribution in [0.3, 0.4) is 0 Å². The topological polar surface area (TPSA) is 61.9 Å². The minimum Gasteiger partial charge on any atom is -0.309 e. The van der Waals surface area contributed by atoms with Gasteiger partial charge in [-0.15, -0.1) is 11.3 Å². The zero-order valence-corrected chi connectivity index (χ0v) is 15.7. The van der Waals surface area contributed by atoms with Crippen LogP contribution < -0.4 is 5.56 Å². The molecule has 1 N–H and O–H groups in total. The average molecular weight is 376 g/mol. The zero-order chi connectivity index (χ0) is 18.2. The van der Waals surface area contributed by atoms with Gasteiger partial charge in [0.25, 0.3) is 5.56 Å². The number of hydrogen-bond donors (Lipinski definition) is 1. The lowest BCUT2D eigenvalue weighted by atomic mass is 9.99. The molecule has 2 aromatic carbocycles. The lowest BCUT2D eigenvalue weighted by molar-refractivity contribution is 0.196. The molecule has 2 aromatic heterocycles. The summed E-state index contributed by atoms with van der Waals surface area (Å²) >= 11 is 1.81. The van der Waals surface area contributed by atoms with Gasteiger partial charge < -0.3 is 4.98 Å². The number of hydrogen-bond acceptors (Lipinski definition) is 5. The molecule has 1 fully saturated rings. The van der Waals surface area contributed by atoms with Crippen molar-refractivity contribution in [2.45, 2.75) is 25.3 Å². The summed E-state index contributed by atoms with van der Waals surface area (Å²) in [5, 5.41) is 1.87. The second-order valence-corrected chi connectivity index (χ2v) is 8.19. The van der Waals surface area contributed by atoms with Crippen LogP contribution >= 0.6 is 11.3 Å². The summed E-state index contributed by atoms with van der Waals surface area (Å²) in [6, 6.07) is 15.8. The highest BCUT2D eigenvalue weighted by molar-refractivity contribution is 7.18. The van der Waals surface area contributed by atoms with E-state index < -0.39 is 0 Å². The Kier molecular flexibility index (Phi) is 4.22. The Morgan fingerprint density at radius 3 is 2.78 bits per heavy atom. The molecule has 0 bridgehead atoms. The van der Waals surface area contributed by atoms with Crippen molar-refractivity contribution in [3.8, 4) is 0 Å². The monoisotopic (exact) mass is 376 g/mol. The molecule has 1 saturated heterocycles. The summed E-state index contributed by atoms with van der Waals surface area (Å²) in [6.45, 7) is 2.65. The highest BCUT2D eigenvalue weighted by atomic mass is 32.1. The molecule has 1 aliphatic heterocycles. The van der Waals surface area contributed by atoms with Gasteiger partial charge in [-0.1, -0.05) is 24.3 Å². The number of nitrogens with one attached hydrogen (secondary N) is 1. The van der Waals surface area contributed by atoms with E-state index in [2.05, 4.69) is 33.1 Å². The number of rotatable bonds is 3. The van der Waals surface area contributed by atoms with E-state index in [1.807, 2.05) is 30.3 Å². The summed E-state index contributed by atoms with van der Waals surface area (Å²) < 4.78 is 1.25. The van der Waals surface area contributed by atoms with Gasteiger partial charge in [0.2, 0.25) is 0 Å². The van der Waals surface area contributed by atoms with Crippen molar-refractivity contribution in [2.75, 3.05) is 13.1 Å². The number of H-pyrrole nitrogens is 1. The number of thiazole rings is 1. The van der Waals surface area contributed by atoms with Crippen molar-refractivity contribution < 1.29 is 0 Å². The Bertz CT molecular complexity index is 1130. The van der Waals surface area contributed by atoms with Gasteiger partial charge in [0.05, 0.1) is 32.7 Å². The SMILES string of the molecule is O=c1[nH]c(CN2CCC[C@@H](c3nc4ccccc4s3)C2)nc2ccccc12. The quantitative estimate of drug-likeness (QED) is 0.589. The van der Waals surface area contributed by atoms with E-state index in [1.54, 1.807) is 11.3 Å². The van der Waals surface area contributed by atoms with Gasteiger partial charge in [0.1, 0.15) is 5.82 Å². The number of benzene rings is 2. The maximum atomic E-state index is 12.3. The molecule has 5 nitrogen and oxygen atoms in total. The molecule has 136 valence electrons. The standard InChI is InChI=1S/C21H20N4OS/c26-20-15-7-1-2-8-16(15)22-19(24-20)13-25-11-5-6-14(12-25)21-23-17-9-3-4-10-18(17)27-21/h1-4,7-10,14H,5-6,11-13H2,(H,22,24,26)/t14-/m1/s1. The van der Waals surface area contributed by atoms with Crippen molar-refractivity contribution in [3.63, 3.8) is 0 Å². The first-order chi connectivity index (χ1) is 13.3. The molecule has 6 heteroatoms. The maximum absolute atomic E-state index is 12.3. The Morgan fingerprint density at radius 2 is 1.89 bits per heavy atom. The van der Waals surface area contributed by atoms with Crippen LogP contribution in [0.1, 0.15) is 29.6 Å². The van der Waals surface area contributed by atoms with Crippen LogP contribution in [-0.4, -0.2) is 32.9 Å². The van der Waals surface area contributed by atoms with Crippen molar-refractivity contribution >= 4 is 32.5 Å². The van der Waals surface area contributed by atoms with Crippen LogP contribution in [0.2, 0.25) is 0 Å². The summed E-state index contributed by atoms with van der Waals surface area (Å²) in [6.07, 6.45) is 2.30. The second kappa shape index (κ2) is 6.87. The van der Waals surface area contributed by atoms with Gasteiger partial charge in [0, 0.05) is 12.5 Å². The number of para-hydroxylation sites is 2. The number of nitrogens with zero attached hydrogens (tertiary/aromatic N) is 3. The number of aromatic nitrogens is 3. The van der Waals surface area contributed by atoms with Crippen LogP contribution in [0.15, 0.2) is 53.3 Å². The Morgan fingerprint density at radius 1 is 1.07 bits per heavy atom. The van der Waals surface area contributed by atoms with E-state index in [4.69, 9.17) is 4.98 Å². The molecule has 5 rings (SSSR count). The van der Waals surface area contributed by atoms with Gasteiger partial charge in [-0.05, 0) is 43.7 Å². The second-order valence-electron chi connectivity index (χ2n) is 7.12. The maximum Gasteiger partial charge on any atom is 0.258 e. The normalized spacial score (nSPS) is 18.3. The Labute approximate surface area is 160 Å². The molecular weight excluding hydrogens is 356 g/mol. The van der Waals surface area contributed by atoms with Crippen molar-refractivity contribution in [2.24, 2.45) is 0 Å². The minimum atomic E-state index is -0.0599. The molecule has 1 atom stereocenters. The third-order valence-corrected chi connectivity index (χ3v) is 6.40. The Balaban J connectivity index is 1.37. The van der Waals surface area contributed by atoms with Gasteiger partial charge in [-0.2, -0.15) is 0 Å². The fraction of sp³-hybridized carbons (Fsp3) is 0.286. The molecule has 0 aliphatic carbocycles. The highest BCUT2D eigenvalue weighted by Gasteiger charge is 2.24. The van der Waals surface area contributed by atoms with Crippen LogP contribution in [0.5, 0.6) is 0 Å². The third kappa shape index (κ3) is 3.26. The largest absolute Gasteiger partial charge is 0.309 e. The number of fused-ring (bicyclic) bond motifs is 2. The number of likely N-dealkylation sites (tertiary alicyclic amines) is 1. The number of piperidine rings is 1. The predicted octanol–water partition coefficient (Wildman–Crippen LogP) is 3.91. The van der Waals surface area contributed by atoms with Crippen LogP contribution in [0, 0.1) is 0 Å². The molecule has 4 aromatic rings. The van der Waals surface area contributed by atoms with Crippen LogP contribution in [-0.2, 0) is 6.54 Å². The third-order valence-electron chi connectivity index (χ3n) is 5.20. The van der Waals surface area contributed by atoms with Crippen LogP contribution in [0.25, 0.3) is 21.1 Å². The lowest BCUT2D eigenvalue weighted by Crippen LogP contribution is -2.35. The molecule has 0 radical (unpaired) electrons. The molecule has 3 heterocycles. The molecule has 0 amide bonds. The van der Waals surface area contributed by atoms with E-state index in [9.17, 15) is 4.79 Å². The fourth-order valence-electron chi connectivity index (χ4n) is 3.89. The van der Waals surface area contributed by atoms with Gasteiger partial charge in [-0.3, -0.25) is 9.69 Å². The first-order valence-electron chi connectivity index (χ1n) is 9.32. The molecule has 27 heavy (non-hydrogen) atoms. The van der Waals surface area contributed by atoms with Crippen molar-refractivity contribution in [3.05, 3.63) is 69.7 Å². The lowest BCUT2D eigenvalue weighted by Gasteiger charge is -2.31. The minimum absolute atomic E-state index is 0.0599. The van der Waals surface area contributed by atoms with E-state index in [0.717, 1.165) is 42.8 Å². The molecule has 0 unspecified atom stereocenters. The predicted molar refractivity (Wildman–Crippen MR) is 109 cm³/mol. The van der Waals surface area contributed by atoms with Crippen molar-refractivity contribution in [1.82, 2.24) is 19.9 Å². The van der Waals surface area contributed by atoms with Crippen LogP contribution in [0.4, 0.5) is 0 Å². The summed E-state index contributed by atoms with van der Waals surface area (Å²) in [5.74, 6) is 1.19. The molecule has 0 saturated carbocycles. The Hall–Kier alpha value is -2.57. The van der Waals surface area contributed by atoms with E-state index in [-0.39, 0.29) is 5.56 Å². The van der Waals surface area contributed by atoms with E-state index >= 15 is 0 Å². The summed E-state index contributed by atoms with van der Waals surface area (Å²) in [4.78, 5) is 27.1. The fourth-order valence-corrected chi connectivity index (χ4v) is 4.98. The molecule has 0 spiro atoms. The number of aromatic amines is 1. The zero-order valence-electron chi connectivity index (χ0n) is 14.9. The van der Waals surface area contributed by atoms with Gasteiger partial charge in [0.15, 0.2) is 0 Å². The first kappa shape index (κ1) is 16.6. The molecular formula is C21H20N4OS. The highest BCUT2D eigenvalue weighted by Crippen LogP contribution is 2.33. The van der Waals surface area contributed by atoms with Crippen molar-refractivity contribution in [1.29, 1.82) is 0 Å². The van der Waals surface area contributed by atoms with E-state index in [1.165, 1.54) is 9.71 Å². The van der Waals surface area contributed by atoms with Gasteiger partial charge in [-0.25, -0.2) is 9.97 Å². The summed E-state index contributed by atoms with van der Waals surface area (Å²) in [7, 11) is 0. The molecule has 1 aliphatic rings.